The van der Waals surface area contributed by atoms with E-state index in [0.29, 0.717) is 0 Å². The zero-order valence-corrected chi connectivity index (χ0v) is 22.4. The van der Waals surface area contributed by atoms with Crippen LogP contribution < -0.4 is 15.6 Å². The highest BCUT2D eigenvalue weighted by Crippen LogP contribution is 2.35. The Morgan fingerprint density at radius 2 is 1.49 bits per heavy atom. The van der Waals surface area contributed by atoms with Gasteiger partial charge in [-0.15, -0.1) is 0 Å². The number of aromatic nitrogens is 3. The fourth-order valence-corrected chi connectivity index (χ4v) is 6.41. The van der Waals surface area contributed by atoms with Crippen molar-refractivity contribution in [3.63, 3.8) is 0 Å². The normalized spacial score (nSPS) is 12.2. The maximum absolute atomic E-state index is 4.73. The van der Waals surface area contributed by atoms with Crippen LogP contribution in [0.25, 0.3) is 38.8 Å². The summed E-state index contributed by atoms with van der Waals surface area (Å²) in [7, 11) is 3.57. The molecule has 0 aliphatic heterocycles. The van der Waals surface area contributed by atoms with Crippen LogP contribution in [-0.4, -0.2) is 35.3 Å². The number of rotatable bonds is 5. The maximum atomic E-state index is 4.73. The molecule has 6 rings (SSSR count). The highest BCUT2D eigenvalue weighted by atomic mass is 31.1. The lowest BCUT2D eigenvalue weighted by molar-refractivity contribution is 1.07. The van der Waals surface area contributed by atoms with E-state index in [0.717, 1.165) is 11.3 Å². The van der Waals surface area contributed by atoms with Gasteiger partial charge >= 0.3 is 0 Å². The summed E-state index contributed by atoms with van der Waals surface area (Å²) in [6.07, 6.45) is 3.81. The molecule has 182 valence electrons. The maximum Gasteiger partial charge on any atom is 0.137 e. The summed E-state index contributed by atoms with van der Waals surface area (Å²) in [5, 5.41) is 3.79. The van der Waals surface area contributed by atoms with E-state index in [9.17, 15) is 0 Å². The minimum atomic E-state index is -0.568. The molecule has 0 aliphatic rings. The molecule has 0 saturated heterocycles. The zero-order valence-electron chi connectivity index (χ0n) is 21.6. The standard InChI is InChI=1S/C32H29N4P/c1-22-14-16-33-31(18-22)36-29-11-6-5-10-27(29)28-13-12-24(20-30(28)36)23-8-7-9-26(19-23)37(4)32-21-25(35(2)3)15-17-34-32/h5-21H,1-4H3. The van der Waals surface area contributed by atoms with Crippen molar-refractivity contribution in [3.05, 3.63) is 109 Å². The van der Waals surface area contributed by atoms with Gasteiger partial charge in [0.05, 0.1) is 16.5 Å². The monoisotopic (exact) mass is 500 g/mol. The van der Waals surface area contributed by atoms with E-state index < -0.39 is 7.92 Å². The Hall–Kier alpha value is -4.01. The molecule has 3 aromatic heterocycles. The van der Waals surface area contributed by atoms with E-state index in [1.54, 1.807) is 0 Å². The molecule has 0 bridgehead atoms. The van der Waals surface area contributed by atoms with Crippen molar-refractivity contribution in [2.75, 3.05) is 25.7 Å². The highest BCUT2D eigenvalue weighted by molar-refractivity contribution is 7.72. The fraction of sp³-hybridized carbons (Fsp3) is 0.125. The number of hydrogen-bond donors (Lipinski definition) is 0. The molecule has 1 atom stereocenters. The first kappa shape index (κ1) is 23.4. The molecular weight excluding hydrogens is 471 g/mol. The van der Waals surface area contributed by atoms with E-state index in [1.165, 1.54) is 49.5 Å². The minimum Gasteiger partial charge on any atom is -0.378 e. The van der Waals surface area contributed by atoms with Crippen molar-refractivity contribution in [2.24, 2.45) is 0 Å². The number of fused-ring (bicyclic) bond motifs is 3. The fourth-order valence-electron chi connectivity index (χ4n) is 4.94. The number of para-hydroxylation sites is 1. The third-order valence-electron chi connectivity index (χ3n) is 6.96. The number of anilines is 1. The smallest absolute Gasteiger partial charge is 0.137 e. The summed E-state index contributed by atoms with van der Waals surface area (Å²) in [5.74, 6) is 0.945. The molecule has 4 nitrogen and oxygen atoms in total. The predicted octanol–water partition coefficient (Wildman–Crippen LogP) is 6.68. The lowest BCUT2D eigenvalue weighted by Crippen LogP contribution is -2.17. The number of benzene rings is 3. The second kappa shape index (κ2) is 9.46. The Morgan fingerprint density at radius 1 is 0.703 bits per heavy atom. The van der Waals surface area contributed by atoms with Crippen molar-refractivity contribution in [1.82, 2.24) is 14.5 Å². The van der Waals surface area contributed by atoms with Crippen molar-refractivity contribution < 1.29 is 0 Å². The van der Waals surface area contributed by atoms with Crippen molar-refractivity contribution in [2.45, 2.75) is 6.92 Å². The quantitative estimate of drug-likeness (QED) is 0.248. The van der Waals surface area contributed by atoms with Crippen molar-refractivity contribution in [3.8, 4) is 16.9 Å². The molecule has 0 fully saturated rings. The lowest BCUT2D eigenvalue weighted by atomic mass is 10.0. The molecule has 1 unspecified atom stereocenters. The van der Waals surface area contributed by atoms with Crippen LogP contribution in [0.3, 0.4) is 0 Å². The Labute approximate surface area is 219 Å². The average Bonchev–Trinajstić information content (AvgIpc) is 3.26. The van der Waals surface area contributed by atoms with Crippen LogP contribution >= 0.6 is 7.92 Å². The zero-order chi connectivity index (χ0) is 25.5. The number of pyridine rings is 2. The summed E-state index contributed by atoms with van der Waals surface area (Å²) in [6.45, 7) is 4.41. The Kier molecular flexibility index (Phi) is 5.98. The topological polar surface area (TPSA) is 34.0 Å². The summed E-state index contributed by atoms with van der Waals surface area (Å²) in [6, 6.07) is 32.8. The van der Waals surface area contributed by atoms with E-state index in [4.69, 9.17) is 9.97 Å². The lowest BCUT2D eigenvalue weighted by Gasteiger charge is -2.17. The highest BCUT2D eigenvalue weighted by Gasteiger charge is 2.15. The van der Waals surface area contributed by atoms with Gasteiger partial charge in [-0.25, -0.2) is 4.98 Å². The molecular formula is C32H29N4P. The van der Waals surface area contributed by atoms with Gasteiger partial charge in [-0.2, -0.15) is 0 Å². The molecule has 0 radical (unpaired) electrons. The van der Waals surface area contributed by atoms with Gasteiger partial charge in [-0.3, -0.25) is 9.55 Å². The molecule has 0 aliphatic carbocycles. The van der Waals surface area contributed by atoms with Gasteiger partial charge in [-0.1, -0.05) is 48.5 Å². The molecule has 6 aromatic rings. The van der Waals surface area contributed by atoms with Crippen LogP contribution in [0.15, 0.2) is 103 Å². The van der Waals surface area contributed by atoms with E-state index in [1.807, 2.05) is 18.5 Å². The summed E-state index contributed by atoms with van der Waals surface area (Å²) < 4.78 is 2.29. The summed E-state index contributed by atoms with van der Waals surface area (Å²) in [4.78, 5) is 11.6. The van der Waals surface area contributed by atoms with Crippen LogP contribution in [0, 0.1) is 6.92 Å². The third kappa shape index (κ3) is 4.28. The summed E-state index contributed by atoms with van der Waals surface area (Å²) >= 11 is 0. The van der Waals surface area contributed by atoms with Gasteiger partial charge in [0.2, 0.25) is 0 Å². The average molecular weight is 501 g/mol. The Morgan fingerprint density at radius 3 is 2.32 bits per heavy atom. The van der Waals surface area contributed by atoms with E-state index in [-0.39, 0.29) is 0 Å². The molecule has 0 N–H and O–H groups in total. The molecule has 3 aromatic carbocycles. The SMILES string of the molecule is Cc1ccnc(-n2c3ccccc3c3ccc(-c4cccc(P(C)c5cc(N(C)C)ccn5)c4)cc32)c1. The van der Waals surface area contributed by atoms with E-state index in [2.05, 4.69) is 122 Å². The van der Waals surface area contributed by atoms with Gasteiger partial charge in [0.15, 0.2) is 0 Å². The minimum absolute atomic E-state index is 0.568. The van der Waals surface area contributed by atoms with Gasteiger partial charge < -0.3 is 4.90 Å². The number of nitrogens with zero attached hydrogens (tertiary/aromatic N) is 4. The second-order valence-corrected chi connectivity index (χ2v) is 11.7. The van der Waals surface area contributed by atoms with E-state index >= 15 is 0 Å². The summed E-state index contributed by atoms with van der Waals surface area (Å²) in [5.41, 5.74) is 8.27. The molecule has 0 spiro atoms. The Balaban J connectivity index is 1.47. The predicted molar refractivity (Wildman–Crippen MR) is 159 cm³/mol. The first-order valence-corrected chi connectivity index (χ1v) is 14.2. The first-order valence-electron chi connectivity index (χ1n) is 12.4. The van der Waals surface area contributed by atoms with Crippen molar-refractivity contribution >= 4 is 46.2 Å². The molecule has 0 saturated carbocycles. The molecule has 5 heteroatoms. The number of hydrogen-bond acceptors (Lipinski definition) is 3. The molecule has 3 heterocycles. The second-order valence-electron chi connectivity index (χ2n) is 9.65. The first-order chi connectivity index (χ1) is 18.0. The van der Waals surface area contributed by atoms with Gasteiger partial charge in [-0.05, 0) is 86.0 Å². The number of aryl methyl sites for hydroxylation is 1. The molecule has 37 heavy (non-hydrogen) atoms. The third-order valence-corrected chi connectivity index (χ3v) is 8.94. The van der Waals surface area contributed by atoms with Gasteiger partial charge in [0.25, 0.3) is 0 Å². The largest absolute Gasteiger partial charge is 0.378 e. The van der Waals surface area contributed by atoms with Crippen LogP contribution in [0.2, 0.25) is 0 Å². The van der Waals surface area contributed by atoms with Crippen LogP contribution in [-0.2, 0) is 0 Å². The Bertz CT molecular complexity index is 1750. The van der Waals surface area contributed by atoms with Gasteiger partial charge in [0.1, 0.15) is 5.82 Å². The van der Waals surface area contributed by atoms with Crippen LogP contribution in [0.1, 0.15) is 5.56 Å². The van der Waals surface area contributed by atoms with Crippen molar-refractivity contribution in [1.29, 1.82) is 0 Å². The molecule has 0 amide bonds. The van der Waals surface area contributed by atoms with Crippen LogP contribution in [0.4, 0.5) is 5.69 Å². The van der Waals surface area contributed by atoms with Crippen LogP contribution in [0.5, 0.6) is 0 Å². The van der Waals surface area contributed by atoms with Gasteiger partial charge in [0, 0.05) is 42.9 Å².